The lowest BCUT2D eigenvalue weighted by Gasteiger charge is -2.34. The van der Waals surface area contributed by atoms with Gasteiger partial charge in [0.05, 0.1) is 31.5 Å². The van der Waals surface area contributed by atoms with E-state index in [-0.39, 0.29) is 0 Å². The third-order valence-electron chi connectivity index (χ3n) is 5.85. The maximum absolute atomic E-state index is 10.8. The zero-order valence-electron chi connectivity index (χ0n) is 19.2. The number of hydrogen-bond donors (Lipinski definition) is 3. The van der Waals surface area contributed by atoms with Crippen molar-refractivity contribution in [1.82, 2.24) is 15.5 Å². The summed E-state index contributed by atoms with van der Waals surface area (Å²) in [7, 11) is 0. The molecule has 3 N–H and O–H groups in total. The lowest BCUT2D eigenvalue weighted by molar-refractivity contribution is -0.0201. The first-order chi connectivity index (χ1) is 15.0. The van der Waals surface area contributed by atoms with Crippen LogP contribution in [0, 0.1) is 0 Å². The molecule has 1 atom stereocenters. The molecule has 1 aliphatic carbocycles. The van der Waals surface area contributed by atoms with Crippen LogP contribution in [0.25, 0.3) is 0 Å². The fourth-order valence-electron chi connectivity index (χ4n) is 4.13. The average molecular weight is 433 g/mol. The average Bonchev–Trinajstić information content (AvgIpc) is 2.78. The van der Waals surface area contributed by atoms with Crippen LogP contribution in [-0.2, 0) is 11.3 Å². The maximum Gasteiger partial charge on any atom is 0.191 e. The fourth-order valence-corrected chi connectivity index (χ4v) is 4.13. The molecule has 3 rings (SSSR count). The van der Waals surface area contributed by atoms with E-state index in [9.17, 15) is 5.11 Å². The highest BCUT2D eigenvalue weighted by Crippen LogP contribution is 2.23. The predicted octanol–water partition coefficient (Wildman–Crippen LogP) is 2.54. The van der Waals surface area contributed by atoms with Crippen LogP contribution in [0.2, 0.25) is 0 Å². The molecule has 0 radical (unpaired) electrons. The van der Waals surface area contributed by atoms with Crippen molar-refractivity contribution in [3.05, 3.63) is 29.8 Å². The highest BCUT2D eigenvalue weighted by atomic mass is 16.5. The van der Waals surface area contributed by atoms with E-state index in [1.807, 2.05) is 26.0 Å². The maximum atomic E-state index is 10.8. The van der Waals surface area contributed by atoms with Gasteiger partial charge in [0.25, 0.3) is 0 Å². The number of morpholine rings is 1. The van der Waals surface area contributed by atoms with Crippen LogP contribution in [0.1, 0.15) is 51.5 Å². The summed E-state index contributed by atoms with van der Waals surface area (Å²) in [6.45, 7) is 9.50. The van der Waals surface area contributed by atoms with Crippen molar-refractivity contribution in [3.8, 4) is 5.75 Å². The zero-order chi connectivity index (χ0) is 21.9. The summed E-state index contributed by atoms with van der Waals surface area (Å²) < 4.78 is 11.5. The zero-order valence-corrected chi connectivity index (χ0v) is 19.2. The van der Waals surface area contributed by atoms with Crippen LogP contribution in [0.5, 0.6) is 5.75 Å². The first kappa shape index (κ1) is 23.8. The van der Waals surface area contributed by atoms with Gasteiger partial charge >= 0.3 is 0 Å². The largest absolute Gasteiger partial charge is 0.490 e. The molecule has 1 aromatic carbocycles. The van der Waals surface area contributed by atoms with Gasteiger partial charge in [-0.3, -0.25) is 4.90 Å². The molecule has 31 heavy (non-hydrogen) atoms. The van der Waals surface area contributed by atoms with Gasteiger partial charge in [-0.1, -0.05) is 18.6 Å². The van der Waals surface area contributed by atoms with Gasteiger partial charge in [0.15, 0.2) is 5.96 Å². The van der Waals surface area contributed by atoms with E-state index in [0.29, 0.717) is 31.7 Å². The van der Waals surface area contributed by atoms with Crippen LogP contribution in [0.15, 0.2) is 29.3 Å². The Morgan fingerprint density at radius 3 is 2.55 bits per heavy atom. The van der Waals surface area contributed by atoms with Crippen molar-refractivity contribution in [1.29, 1.82) is 0 Å². The fraction of sp³-hybridized carbons (Fsp3) is 0.708. The van der Waals surface area contributed by atoms with Crippen LogP contribution in [-0.4, -0.2) is 73.6 Å². The Bertz CT molecular complexity index is 666. The SMILES string of the molecule is CCNC(=NCc1ccc(OC2CCCCC2)cc1)NCC(C)(O)CN1CCOCC1. The molecular formula is C24H40N4O3. The van der Waals surface area contributed by atoms with E-state index in [0.717, 1.165) is 44.2 Å². The highest BCUT2D eigenvalue weighted by Gasteiger charge is 2.25. The summed E-state index contributed by atoms with van der Waals surface area (Å²) in [6.07, 6.45) is 6.58. The summed E-state index contributed by atoms with van der Waals surface area (Å²) in [5, 5.41) is 17.3. The van der Waals surface area contributed by atoms with Crippen molar-refractivity contribution in [2.45, 2.75) is 64.2 Å². The van der Waals surface area contributed by atoms with Gasteiger partial charge < -0.3 is 25.2 Å². The van der Waals surface area contributed by atoms with E-state index >= 15 is 0 Å². The molecule has 2 fully saturated rings. The molecule has 0 aromatic heterocycles. The second-order valence-corrected chi connectivity index (χ2v) is 8.96. The molecule has 1 unspecified atom stereocenters. The summed E-state index contributed by atoms with van der Waals surface area (Å²) in [5.74, 6) is 1.66. The smallest absolute Gasteiger partial charge is 0.191 e. The van der Waals surface area contributed by atoms with Gasteiger partial charge in [0.1, 0.15) is 5.75 Å². The molecule has 1 saturated carbocycles. The molecule has 0 spiro atoms. The van der Waals surface area contributed by atoms with Gasteiger partial charge in [0, 0.05) is 32.7 Å². The number of aliphatic hydroxyl groups is 1. The van der Waals surface area contributed by atoms with Crippen molar-refractivity contribution < 1.29 is 14.6 Å². The van der Waals surface area contributed by atoms with Crippen LogP contribution >= 0.6 is 0 Å². The monoisotopic (exact) mass is 432 g/mol. The van der Waals surface area contributed by atoms with Gasteiger partial charge in [0.2, 0.25) is 0 Å². The molecule has 2 aliphatic rings. The second kappa shape index (κ2) is 12.3. The minimum Gasteiger partial charge on any atom is -0.490 e. The Hall–Kier alpha value is -1.83. The third kappa shape index (κ3) is 8.67. The molecule has 1 aromatic rings. The van der Waals surface area contributed by atoms with Crippen molar-refractivity contribution >= 4 is 5.96 Å². The highest BCUT2D eigenvalue weighted by molar-refractivity contribution is 5.79. The number of rotatable bonds is 9. The Morgan fingerprint density at radius 2 is 1.87 bits per heavy atom. The van der Waals surface area contributed by atoms with E-state index in [4.69, 9.17) is 9.47 Å². The van der Waals surface area contributed by atoms with Gasteiger partial charge in [-0.25, -0.2) is 4.99 Å². The molecule has 0 amide bonds. The Labute approximate surface area is 187 Å². The van der Waals surface area contributed by atoms with Crippen molar-refractivity contribution in [2.24, 2.45) is 4.99 Å². The molecule has 174 valence electrons. The standard InChI is InChI=1S/C24H40N4O3/c1-3-25-23(27-18-24(2,29)19-28-13-15-30-16-14-28)26-17-20-9-11-22(12-10-20)31-21-7-5-4-6-8-21/h9-12,21,29H,3-8,13-19H2,1-2H3,(H2,25,26,27). The summed E-state index contributed by atoms with van der Waals surface area (Å²) in [5.41, 5.74) is 0.291. The number of benzene rings is 1. The van der Waals surface area contributed by atoms with Gasteiger partial charge in [-0.05, 0) is 57.2 Å². The summed E-state index contributed by atoms with van der Waals surface area (Å²) in [4.78, 5) is 6.93. The van der Waals surface area contributed by atoms with Crippen LogP contribution in [0.3, 0.4) is 0 Å². The molecule has 1 heterocycles. The Morgan fingerprint density at radius 1 is 1.16 bits per heavy atom. The normalized spacial score (nSPS) is 20.8. The van der Waals surface area contributed by atoms with E-state index in [1.54, 1.807) is 0 Å². The van der Waals surface area contributed by atoms with Crippen molar-refractivity contribution in [2.75, 3.05) is 45.9 Å². The third-order valence-corrected chi connectivity index (χ3v) is 5.85. The number of β-amino-alcohol motifs (C(OH)–C–C–N with tert-alkyl or cyclic N) is 1. The van der Waals surface area contributed by atoms with Gasteiger partial charge in [-0.2, -0.15) is 0 Å². The Balaban J connectivity index is 1.47. The van der Waals surface area contributed by atoms with Crippen molar-refractivity contribution in [3.63, 3.8) is 0 Å². The number of aliphatic imine (C=N–C) groups is 1. The number of nitrogens with one attached hydrogen (secondary N) is 2. The molecule has 7 heteroatoms. The minimum absolute atomic E-state index is 0.368. The van der Waals surface area contributed by atoms with E-state index in [2.05, 4.69) is 32.7 Å². The topological polar surface area (TPSA) is 78.4 Å². The lowest BCUT2D eigenvalue weighted by Crippen LogP contribution is -2.52. The second-order valence-electron chi connectivity index (χ2n) is 8.96. The lowest BCUT2D eigenvalue weighted by atomic mass is 9.98. The first-order valence-corrected chi connectivity index (χ1v) is 11.8. The molecular weight excluding hydrogens is 392 g/mol. The molecule has 0 bridgehead atoms. The first-order valence-electron chi connectivity index (χ1n) is 11.8. The van der Waals surface area contributed by atoms with Crippen LogP contribution in [0.4, 0.5) is 0 Å². The predicted molar refractivity (Wildman–Crippen MR) is 125 cm³/mol. The summed E-state index contributed by atoms with van der Waals surface area (Å²) in [6, 6.07) is 8.26. The number of ether oxygens (including phenoxy) is 2. The van der Waals surface area contributed by atoms with E-state index < -0.39 is 5.60 Å². The Kier molecular flexibility index (Phi) is 9.43. The van der Waals surface area contributed by atoms with Crippen LogP contribution < -0.4 is 15.4 Å². The van der Waals surface area contributed by atoms with E-state index in [1.165, 1.54) is 32.1 Å². The molecule has 7 nitrogen and oxygen atoms in total. The number of nitrogens with zero attached hydrogens (tertiary/aromatic N) is 2. The molecule has 1 aliphatic heterocycles. The van der Waals surface area contributed by atoms with Gasteiger partial charge in [-0.15, -0.1) is 0 Å². The minimum atomic E-state index is -0.842. The quantitative estimate of drug-likeness (QED) is 0.411. The number of guanidine groups is 1. The molecule has 1 saturated heterocycles. The number of hydrogen-bond acceptors (Lipinski definition) is 5. The summed E-state index contributed by atoms with van der Waals surface area (Å²) >= 11 is 0.